The molecule has 0 bridgehead atoms. The second-order valence-corrected chi connectivity index (χ2v) is 5.91. The van der Waals surface area contributed by atoms with Gasteiger partial charge >= 0.3 is 6.03 Å². The predicted molar refractivity (Wildman–Crippen MR) is 87.3 cm³/mol. The zero-order chi connectivity index (χ0) is 16.9. The summed E-state index contributed by atoms with van der Waals surface area (Å²) in [5, 5.41) is 11.6. The van der Waals surface area contributed by atoms with Gasteiger partial charge < -0.3 is 19.9 Å². The third-order valence-corrected chi connectivity index (χ3v) is 4.39. The van der Waals surface area contributed by atoms with Crippen molar-refractivity contribution in [3.05, 3.63) is 29.8 Å². The fourth-order valence-corrected chi connectivity index (χ4v) is 3.08. The van der Waals surface area contributed by atoms with E-state index in [4.69, 9.17) is 10.00 Å². The van der Waals surface area contributed by atoms with Gasteiger partial charge in [-0.2, -0.15) is 5.26 Å². The molecule has 0 aromatic heterocycles. The molecule has 2 aliphatic rings. The number of nitrogens with zero attached hydrogens (tertiary/aromatic N) is 3. The van der Waals surface area contributed by atoms with Crippen molar-refractivity contribution in [2.75, 3.05) is 38.2 Å². The molecule has 2 heterocycles. The van der Waals surface area contributed by atoms with Gasteiger partial charge in [0.15, 0.2) is 0 Å². The maximum Gasteiger partial charge on any atom is 0.322 e. The van der Waals surface area contributed by atoms with E-state index in [0.717, 1.165) is 6.42 Å². The molecule has 1 aromatic carbocycles. The van der Waals surface area contributed by atoms with Crippen molar-refractivity contribution in [3.63, 3.8) is 0 Å². The molecule has 1 N–H and O–H groups in total. The van der Waals surface area contributed by atoms with Crippen LogP contribution >= 0.6 is 0 Å². The fourth-order valence-electron chi connectivity index (χ4n) is 3.08. The Bertz CT molecular complexity index is 647. The van der Waals surface area contributed by atoms with E-state index in [2.05, 4.69) is 5.32 Å². The van der Waals surface area contributed by atoms with Gasteiger partial charge in [-0.25, -0.2) is 4.79 Å². The normalized spacial score (nSPS) is 20.5. The number of hydrogen-bond donors (Lipinski definition) is 1. The molecule has 7 heteroatoms. The molecule has 126 valence electrons. The van der Waals surface area contributed by atoms with Gasteiger partial charge in [0.25, 0.3) is 0 Å². The van der Waals surface area contributed by atoms with E-state index < -0.39 is 6.04 Å². The standard InChI is InChI=1S/C17H20N4O3/c18-12-13-3-5-14(6-4-13)19-17(23)21-7-1-2-15(21)16(22)20-8-10-24-11-9-20/h3-6,15H,1-2,7-11H2,(H,19,23)/t15-/m0/s1. The summed E-state index contributed by atoms with van der Waals surface area (Å²) < 4.78 is 5.28. The fraction of sp³-hybridized carbons (Fsp3) is 0.471. The Balaban J connectivity index is 1.64. The molecule has 0 radical (unpaired) electrons. The summed E-state index contributed by atoms with van der Waals surface area (Å²) in [6, 6.07) is 8.03. The average molecular weight is 328 g/mol. The largest absolute Gasteiger partial charge is 0.378 e. The molecule has 0 unspecified atom stereocenters. The van der Waals surface area contributed by atoms with E-state index in [1.807, 2.05) is 6.07 Å². The zero-order valence-corrected chi connectivity index (χ0v) is 13.4. The summed E-state index contributed by atoms with van der Waals surface area (Å²) in [6.07, 6.45) is 1.51. The lowest BCUT2D eigenvalue weighted by atomic mass is 10.2. The Hall–Kier alpha value is -2.59. The Morgan fingerprint density at radius 1 is 1.17 bits per heavy atom. The first-order valence-electron chi connectivity index (χ1n) is 8.13. The van der Waals surface area contributed by atoms with Gasteiger partial charge in [0.1, 0.15) is 6.04 Å². The molecule has 0 saturated carbocycles. The maximum atomic E-state index is 12.7. The lowest BCUT2D eigenvalue weighted by molar-refractivity contribution is -0.139. The van der Waals surface area contributed by atoms with Crippen LogP contribution in [-0.2, 0) is 9.53 Å². The van der Waals surface area contributed by atoms with Gasteiger partial charge in [-0.05, 0) is 37.1 Å². The first-order valence-corrected chi connectivity index (χ1v) is 8.13. The predicted octanol–water partition coefficient (Wildman–Crippen LogP) is 1.41. The first kappa shape index (κ1) is 16.3. The van der Waals surface area contributed by atoms with Gasteiger partial charge in [0, 0.05) is 25.3 Å². The second-order valence-electron chi connectivity index (χ2n) is 5.91. The molecule has 2 aliphatic heterocycles. The SMILES string of the molecule is N#Cc1ccc(NC(=O)N2CCC[C@H]2C(=O)N2CCOCC2)cc1. The Labute approximate surface area is 140 Å². The Kier molecular flexibility index (Phi) is 4.96. The number of benzene rings is 1. The van der Waals surface area contributed by atoms with Crippen LogP contribution in [0, 0.1) is 11.3 Å². The van der Waals surface area contributed by atoms with E-state index in [1.165, 1.54) is 0 Å². The number of rotatable bonds is 2. The van der Waals surface area contributed by atoms with Crippen molar-refractivity contribution in [1.82, 2.24) is 9.80 Å². The van der Waals surface area contributed by atoms with Crippen LogP contribution in [0.4, 0.5) is 10.5 Å². The van der Waals surface area contributed by atoms with Crippen LogP contribution in [-0.4, -0.2) is 60.6 Å². The first-order chi connectivity index (χ1) is 11.7. The number of carbonyl (C=O) groups is 2. The molecule has 7 nitrogen and oxygen atoms in total. The summed E-state index contributed by atoms with van der Waals surface area (Å²) in [4.78, 5) is 28.6. The molecular formula is C17H20N4O3. The highest BCUT2D eigenvalue weighted by Gasteiger charge is 2.36. The van der Waals surface area contributed by atoms with E-state index in [9.17, 15) is 9.59 Å². The number of nitriles is 1. The van der Waals surface area contributed by atoms with Crippen molar-refractivity contribution in [2.24, 2.45) is 0 Å². The number of carbonyl (C=O) groups excluding carboxylic acids is 2. The van der Waals surface area contributed by atoms with Crippen LogP contribution < -0.4 is 5.32 Å². The van der Waals surface area contributed by atoms with E-state index >= 15 is 0 Å². The number of urea groups is 1. The monoisotopic (exact) mass is 328 g/mol. The van der Waals surface area contributed by atoms with Gasteiger partial charge in [-0.1, -0.05) is 0 Å². The second kappa shape index (κ2) is 7.32. The summed E-state index contributed by atoms with van der Waals surface area (Å²) in [6.45, 7) is 2.84. The molecular weight excluding hydrogens is 308 g/mol. The minimum absolute atomic E-state index is 0.00535. The van der Waals surface area contributed by atoms with Crippen molar-refractivity contribution in [2.45, 2.75) is 18.9 Å². The summed E-state index contributed by atoms with van der Waals surface area (Å²) >= 11 is 0. The topological polar surface area (TPSA) is 85.7 Å². The molecule has 1 atom stereocenters. The molecule has 0 spiro atoms. The number of anilines is 1. The van der Waals surface area contributed by atoms with E-state index in [-0.39, 0.29) is 11.9 Å². The van der Waals surface area contributed by atoms with Crippen molar-refractivity contribution in [1.29, 1.82) is 5.26 Å². The molecule has 2 fully saturated rings. The smallest absolute Gasteiger partial charge is 0.322 e. The molecule has 3 amide bonds. The summed E-state index contributed by atoms with van der Waals surface area (Å²) in [5.41, 5.74) is 1.15. The van der Waals surface area contributed by atoms with Crippen LogP contribution in [0.3, 0.4) is 0 Å². The number of hydrogen-bond acceptors (Lipinski definition) is 4. The van der Waals surface area contributed by atoms with E-state index in [1.54, 1.807) is 34.1 Å². The third-order valence-electron chi connectivity index (χ3n) is 4.39. The van der Waals surface area contributed by atoms with Crippen LogP contribution in [0.2, 0.25) is 0 Å². The lowest BCUT2D eigenvalue weighted by Crippen LogP contribution is -2.51. The highest BCUT2D eigenvalue weighted by Crippen LogP contribution is 2.21. The molecule has 3 rings (SSSR count). The molecule has 1 aromatic rings. The molecule has 0 aliphatic carbocycles. The van der Waals surface area contributed by atoms with Crippen LogP contribution in [0.25, 0.3) is 0 Å². The number of morpholine rings is 1. The summed E-state index contributed by atoms with van der Waals surface area (Å²) in [7, 11) is 0. The maximum absolute atomic E-state index is 12.7. The average Bonchev–Trinajstić information content (AvgIpc) is 3.12. The Morgan fingerprint density at radius 2 is 1.88 bits per heavy atom. The highest BCUT2D eigenvalue weighted by molar-refractivity contribution is 5.94. The van der Waals surface area contributed by atoms with Gasteiger partial charge in [0.05, 0.1) is 24.8 Å². The number of amides is 3. The van der Waals surface area contributed by atoms with Crippen molar-refractivity contribution >= 4 is 17.6 Å². The van der Waals surface area contributed by atoms with Crippen LogP contribution in [0.5, 0.6) is 0 Å². The van der Waals surface area contributed by atoms with Gasteiger partial charge in [-0.3, -0.25) is 4.79 Å². The molecule has 24 heavy (non-hydrogen) atoms. The number of nitrogens with one attached hydrogen (secondary N) is 1. The van der Waals surface area contributed by atoms with Gasteiger partial charge in [0.2, 0.25) is 5.91 Å². The third kappa shape index (κ3) is 3.49. The summed E-state index contributed by atoms with van der Waals surface area (Å²) in [5.74, 6) is 0.00535. The minimum atomic E-state index is -0.401. The molecule has 2 saturated heterocycles. The lowest BCUT2D eigenvalue weighted by Gasteiger charge is -2.32. The van der Waals surface area contributed by atoms with Crippen LogP contribution in [0.15, 0.2) is 24.3 Å². The van der Waals surface area contributed by atoms with Crippen molar-refractivity contribution in [3.8, 4) is 6.07 Å². The zero-order valence-electron chi connectivity index (χ0n) is 13.4. The highest BCUT2D eigenvalue weighted by atomic mass is 16.5. The minimum Gasteiger partial charge on any atom is -0.378 e. The van der Waals surface area contributed by atoms with Crippen molar-refractivity contribution < 1.29 is 14.3 Å². The van der Waals surface area contributed by atoms with Crippen LogP contribution in [0.1, 0.15) is 18.4 Å². The van der Waals surface area contributed by atoms with E-state index in [0.29, 0.717) is 50.5 Å². The number of ether oxygens (including phenoxy) is 1. The quantitative estimate of drug-likeness (QED) is 0.889. The Morgan fingerprint density at radius 3 is 2.54 bits per heavy atom. The van der Waals surface area contributed by atoms with Gasteiger partial charge in [-0.15, -0.1) is 0 Å². The number of likely N-dealkylation sites (tertiary alicyclic amines) is 1.